The van der Waals surface area contributed by atoms with Gasteiger partial charge in [0.25, 0.3) is 0 Å². The van der Waals surface area contributed by atoms with E-state index < -0.39 is 5.60 Å². The van der Waals surface area contributed by atoms with Gasteiger partial charge < -0.3 is 9.84 Å². The van der Waals surface area contributed by atoms with Crippen LogP contribution >= 0.6 is 11.6 Å². The third kappa shape index (κ3) is 3.49. The predicted molar refractivity (Wildman–Crippen MR) is 77.7 cm³/mol. The van der Waals surface area contributed by atoms with E-state index in [1.165, 1.54) is 0 Å². The summed E-state index contributed by atoms with van der Waals surface area (Å²) in [5.74, 6) is 0.707. The lowest BCUT2D eigenvalue weighted by molar-refractivity contribution is 0.00758. The van der Waals surface area contributed by atoms with Crippen LogP contribution in [-0.2, 0) is 5.60 Å². The van der Waals surface area contributed by atoms with E-state index >= 15 is 0 Å². The summed E-state index contributed by atoms with van der Waals surface area (Å²) in [5, 5.41) is 11.1. The molecule has 1 atom stereocenters. The fraction of sp³-hybridized carbons (Fsp3) is 0.250. The molecular weight excluding hydrogens is 260 g/mol. The van der Waals surface area contributed by atoms with Crippen LogP contribution < -0.4 is 4.74 Å². The molecule has 0 heterocycles. The third-order valence-electron chi connectivity index (χ3n) is 3.04. The maximum absolute atomic E-state index is 10.4. The van der Waals surface area contributed by atoms with Crippen LogP contribution in [-0.4, -0.2) is 11.7 Å². The lowest BCUT2D eigenvalue weighted by atomic mass is 9.97. The number of benzene rings is 2. The first-order chi connectivity index (χ1) is 8.99. The van der Waals surface area contributed by atoms with E-state index in [4.69, 9.17) is 16.3 Å². The molecule has 0 saturated heterocycles. The van der Waals surface area contributed by atoms with Gasteiger partial charge in [-0.15, -0.1) is 0 Å². The number of halogens is 1. The first-order valence-corrected chi connectivity index (χ1v) is 6.54. The van der Waals surface area contributed by atoms with Gasteiger partial charge in [-0.25, -0.2) is 0 Å². The Morgan fingerprint density at radius 1 is 1.16 bits per heavy atom. The topological polar surface area (TPSA) is 29.5 Å². The Labute approximate surface area is 118 Å². The van der Waals surface area contributed by atoms with Gasteiger partial charge >= 0.3 is 0 Å². The standard InChI is InChI=1S/C16H17ClO2/c1-12-10-14(8-9-15(12)17)19-11-16(2,18)13-6-4-3-5-7-13/h3-10,18H,11H2,1-2H3. The SMILES string of the molecule is Cc1cc(OCC(C)(O)c2ccccc2)ccc1Cl. The minimum Gasteiger partial charge on any atom is -0.490 e. The van der Waals surface area contributed by atoms with Gasteiger partial charge in [-0.3, -0.25) is 0 Å². The van der Waals surface area contributed by atoms with Crippen molar-refractivity contribution in [1.29, 1.82) is 0 Å². The van der Waals surface area contributed by atoms with Crippen LogP contribution in [0.1, 0.15) is 18.1 Å². The highest BCUT2D eigenvalue weighted by Gasteiger charge is 2.23. The molecule has 0 aromatic heterocycles. The van der Waals surface area contributed by atoms with E-state index in [2.05, 4.69) is 0 Å². The van der Waals surface area contributed by atoms with Gasteiger partial charge in [0.05, 0.1) is 0 Å². The molecule has 19 heavy (non-hydrogen) atoms. The second kappa shape index (κ2) is 5.64. The predicted octanol–water partition coefficient (Wildman–Crippen LogP) is 3.93. The van der Waals surface area contributed by atoms with Gasteiger partial charge in [0.1, 0.15) is 18.0 Å². The zero-order valence-corrected chi connectivity index (χ0v) is 11.8. The summed E-state index contributed by atoms with van der Waals surface area (Å²) in [5.41, 5.74) is 0.772. The fourth-order valence-electron chi connectivity index (χ4n) is 1.81. The van der Waals surface area contributed by atoms with E-state index in [1.807, 2.05) is 43.3 Å². The number of rotatable bonds is 4. The molecule has 0 radical (unpaired) electrons. The minimum atomic E-state index is -1.02. The summed E-state index contributed by atoms with van der Waals surface area (Å²) < 4.78 is 5.65. The van der Waals surface area contributed by atoms with Crippen LogP contribution in [0, 0.1) is 6.92 Å². The molecule has 2 rings (SSSR count). The number of aryl methyl sites for hydroxylation is 1. The van der Waals surface area contributed by atoms with Crippen molar-refractivity contribution in [2.75, 3.05) is 6.61 Å². The van der Waals surface area contributed by atoms with Gasteiger partial charge in [-0.2, -0.15) is 0 Å². The highest BCUT2D eigenvalue weighted by atomic mass is 35.5. The minimum absolute atomic E-state index is 0.193. The quantitative estimate of drug-likeness (QED) is 0.917. The van der Waals surface area contributed by atoms with Crippen molar-refractivity contribution < 1.29 is 9.84 Å². The second-order valence-electron chi connectivity index (χ2n) is 4.84. The number of ether oxygens (including phenoxy) is 1. The number of hydrogen-bond donors (Lipinski definition) is 1. The Morgan fingerprint density at radius 3 is 2.47 bits per heavy atom. The number of hydrogen-bond acceptors (Lipinski definition) is 2. The smallest absolute Gasteiger partial charge is 0.121 e. The molecule has 3 heteroatoms. The molecule has 2 aromatic rings. The monoisotopic (exact) mass is 276 g/mol. The van der Waals surface area contributed by atoms with Crippen molar-refractivity contribution in [2.45, 2.75) is 19.4 Å². The van der Waals surface area contributed by atoms with Gasteiger partial charge in [-0.05, 0) is 43.2 Å². The molecule has 0 fully saturated rings. The van der Waals surface area contributed by atoms with Crippen molar-refractivity contribution in [3.05, 3.63) is 64.7 Å². The molecule has 0 spiro atoms. The highest BCUT2D eigenvalue weighted by molar-refractivity contribution is 6.31. The van der Waals surface area contributed by atoms with Crippen LogP contribution in [0.3, 0.4) is 0 Å². The van der Waals surface area contributed by atoms with Crippen LogP contribution in [0.2, 0.25) is 5.02 Å². The van der Waals surface area contributed by atoms with Gasteiger partial charge in [0.15, 0.2) is 0 Å². The summed E-state index contributed by atoms with van der Waals surface area (Å²) in [6.45, 7) is 3.85. The van der Waals surface area contributed by atoms with Crippen molar-refractivity contribution in [3.63, 3.8) is 0 Å². The average molecular weight is 277 g/mol. The van der Waals surface area contributed by atoms with Crippen LogP contribution in [0.5, 0.6) is 5.75 Å². The van der Waals surface area contributed by atoms with Crippen LogP contribution in [0.4, 0.5) is 0 Å². The summed E-state index contributed by atoms with van der Waals surface area (Å²) in [6, 6.07) is 15.0. The molecule has 0 bridgehead atoms. The van der Waals surface area contributed by atoms with Crippen LogP contribution in [0.15, 0.2) is 48.5 Å². The van der Waals surface area contributed by atoms with Crippen molar-refractivity contribution in [3.8, 4) is 5.75 Å². The molecular formula is C16H17ClO2. The maximum atomic E-state index is 10.4. The first kappa shape index (κ1) is 13.9. The maximum Gasteiger partial charge on any atom is 0.121 e. The molecule has 2 nitrogen and oxygen atoms in total. The fourth-order valence-corrected chi connectivity index (χ4v) is 1.93. The highest BCUT2D eigenvalue weighted by Crippen LogP contribution is 2.25. The van der Waals surface area contributed by atoms with E-state index in [1.54, 1.807) is 19.1 Å². The van der Waals surface area contributed by atoms with Gasteiger partial charge in [0.2, 0.25) is 0 Å². The van der Waals surface area contributed by atoms with Crippen molar-refractivity contribution >= 4 is 11.6 Å². The Morgan fingerprint density at radius 2 is 1.84 bits per heavy atom. The van der Waals surface area contributed by atoms with E-state index in [0.29, 0.717) is 10.8 Å². The third-order valence-corrected chi connectivity index (χ3v) is 3.47. The Hall–Kier alpha value is -1.51. The molecule has 0 aliphatic carbocycles. The summed E-state index contributed by atoms with van der Waals surface area (Å²) in [4.78, 5) is 0. The average Bonchev–Trinajstić information content (AvgIpc) is 2.41. The van der Waals surface area contributed by atoms with Crippen molar-refractivity contribution in [2.24, 2.45) is 0 Å². The van der Waals surface area contributed by atoms with Crippen LogP contribution in [0.25, 0.3) is 0 Å². The summed E-state index contributed by atoms with van der Waals surface area (Å²) in [7, 11) is 0. The molecule has 1 N–H and O–H groups in total. The molecule has 1 unspecified atom stereocenters. The second-order valence-corrected chi connectivity index (χ2v) is 5.25. The molecule has 0 amide bonds. The zero-order chi connectivity index (χ0) is 13.9. The lowest BCUT2D eigenvalue weighted by Crippen LogP contribution is -2.29. The van der Waals surface area contributed by atoms with E-state index in [0.717, 1.165) is 11.1 Å². The summed E-state index contributed by atoms with van der Waals surface area (Å²) >= 11 is 5.96. The number of aliphatic hydroxyl groups is 1. The molecule has 0 saturated carbocycles. The zero-order valence-electron chi connectivity index (χ0n) is 11.1. The largest absolute Gasteiger partial charge is 0.490 e. The first-order valence-electron chi connectivity index (χ1n) is 6.16. The molecule has 0 aliphatic heterocycles. The van der Waals surface area contributed by atoms with E-state index in [9.17, 15) is 5.11 Å². The Bertz CT molecular complexity index is 550. The molecule has 2 aromatic carbocycles. The lowest BCUT2D eigenvalue weighted by Gasteiger charge is -2.24. The van der Waals surface area contributed by atoms with Crippen molar-refractivity contribution in [1.82, 2.24) is 0 Å². The Balaban J connectivity index is 2.07. The Kier molecular flexibility index (Phi) is 4.13. The normalized spacial score (nSPS) is 13.9. The van der Waals surface area contributed by atoms with Gasteiger partial charge in [0, 0.05) is 5.02 Å². The van der Waals surface area contributed by atoms with E-state index in [-0.39, 0.29) is 6.61 Å². The molecule has 0 aliphatic rings. The summed E-state index contributed by atoms with van der Waals surface area (Å²) in [6.07, 6.45) is 0. The molecule has 100 valence electrons. The van der Waals surface area contributed by atoms with Gasteiger partial charge in [-0.1, -0.05) is 41.9 Å².